The van der Waals surface area contributed by atoms with E-state index in [1.54, 1.807) is 6.92 Å². The van der Waals surface area contributed by atoms with Crippen molar-refractivity contribution in [1.82, 2.24) is 5.32 Å². The second kappa shape index (κ2) is 4.95. The molecule has 1 saturated heterocycles. The van der Waals surface area contributed by atoms with Crippen LogP contribution in [-0.4, -0.2) is 30.3 Å². The maximum Gasteiger partial charge on any atom is 0.490 e. The maximum atomic E-state index is 11.0. The normalized spacial score (nSPS) is 29.0. The molecule has 0 spiro atoms. The van der Waals surface area contributed by atoms with Crippen LogP contribution in [0, 0.1) is 0 Å². The van der Waals surface area contributed by atoms with E-state index in [4.69, 9.17) is 9.31 Å². The first-order chi connectivity index (χ1) is 8.71. The van der Waals surface area contributed by atoms with Crippen LogP contribution in [0.25, 0.3) is 0 Å². The molecular weight excluding hydrogens is 241 g/mol. The average molecular weight is 265 g/mol. The molecule has 1 amide bonds. The first kappa shape index (κ1) is 14.6. The fraction of sp³-hybridized carbons (Fsp3) is 0.786. The highest BCUT2D eigenvalue weighted by Crippen LogP contribution is 2.40. The molecule has 106 valence electrons. The van der Waals surface area contributed by atoms with Gasteiger partial charge in [0.25, 0.3) is 0 Å². The zero-order valence-corrected chi connectivity index (χ0v) is 12.6. The van der Waals surface area contributed by atoms with Crippen molar-refractivity contribution >= 4 is 13.0 Å². The van der Waals surface area contributed by atoms with E-state index in [1.807, 2.05) is 0 Å². The monoisotopic (exact) mass is 265 g/mol. The maximum absolute atomic E-state index is 11.0. The van der Waals surface area contributed by atoms with Crippen LogP contribution in [0.5, 0.6) is 0 Å². The number of amides is 1. The third kappa shape index (κ3) is 3.03. The van der Waals surface area contributed by atoms with E-state index in [9.17, 15) is 4.79 Å². The Hall–Kier alpha value is -0.805. The largest absolute Gasteiger partial charge is 0.490 e. The molecule has 0 radical (unpaired) electrons. The number of hydrogen-bond acceptors (Lipinski definition) is 3. The second-order valence-electron chi connectivity index (χ2n) is 6.54. The molecule has 0 aromatic heterocycles. The van der Waals surface area contributed by atoms with E-state index in [0.29, 0.717) is 0 Å². The minimum atomic E-state index is -0.285. The van der Waals surface area contributed by atoms with Crippen molar-refractivity contribution in [1.29, 1.82) is 0 Å². The van der Waals surface area contributed by atoms with Gasteiger partial charge in [-0.1, -0.05) is 6.08 Å². The Morgan fingerprint density at radius 1 is 1.32 bits per heavy atom. The van der Waals surface area contributed by atoms with E-state index < -0.39 is 0 Å². The third-order valence-electron chi connectivity index (χ3n) is 4.41. The highest BCUT2D eigenvalue weighted by atomic mass is 16.7. The molecule has 1 fully saturated rings. The molecular formula is C14H24BNO3. The van der Waals surface area contributed by atoms with Crippen molar-refractivity contribution in [3.05, 3.63) is 11.5 Å². The molecule has 2 aliphatic rings. The number of allylic oxidation sites excluding steroid dienone is 1. The van der Waals surface area contributed by atoms with Gasteiger partial charge in [0, 0.05) is 13.0 Å². The van der Waals surface area contributed by atoms with Gasteiger partial charge in [0.1, 0.15) is 0 Å². The number of carbonyl (C=O) groups excluding carboxylic acids is 1. The molecule has 1 atom stereocenters. The Balaban J connectivity index is 1.99. The lowest BCUT2D eigenvalue weighted by molar-refractivity contribution is -0.119. The van der Waals surface area contributed by atoms with Crippen molar-refractivity contribution in [2.24, 2.45) is 0 Å². The van der Waals surface area contributed by atoms with Crippen LogP contribution >= 0.6 is 0 Å². The Labute approximate surface area is 116 Å². The van der Waals surface area contributed by atoms with E-state index >= 15 is 0 Å². The van der Waals surface area contributed by atoms with Crippen molar-refractivity contribution in [3.63, 3.8) is 0 Å². The van der Waals surface area contributed by atoms with Crippen molar-refractivity contribution in [3.8, 4) is 0 Å². The highest BCUT2D eigenvalue weighted by molar-refractivity contribution is 6.54. The zero-order chi connectivity index (χ0) is 14.3. The number of hydrogen-bond donors (Lipinski definition) is 1. The predicted octanol–water partition coefficient (Wildman–Crippen LogP) is 2.23. The lowest BCUT2D eigenvalue weighted by atomic mass is 9.72. The van der Waals surface area contributed by atoms with E-state index in [1.165, 1.54) is 5.47 Å². The lowest BCUT2D eigenvalue weighted by Gasteiger charge is -2.32. The number of carbonyl (C=O) groups is 1. The van der Waals surface area contributed by atoms with Gasteiger partial charge in [-0.2, -0.15) is 0 Å². The van der Waals surface area contributed by atoms with Gasteiger partial charge in [0.15, 0.2) is 0 Å². The first-order valence-corrected chi connectivity index (χ1v) is 7.03. The molecule has 0 bridgehead atoms. The molecule has 1 unspecified atom stereocenters. The summed E-state index contributed by atoms with van der Waals surface area (Å²) >= 11 is 0. The lowest BCUT2D eigenvalue weighted by Crippen LogP contribution is -2.41. The Morgan fingerprint density at radius 3 is 2.32 bits per heavy atom. The number of rotatable bonds is 2. The quantitative estimate of drug-likeness (QED) is 0.779. The minimum absolute atomic E-state index is 0.0393. The summed E-state index contributed by atoms with van der Waals surface area (Å²) in [5, 5.41) is 2.96. The fourth-order valence-electron chi connectivity index (χ4n) is 2.48. The molecule has 1 aliphatic carbocycles. The number of nitrogens with one attached hydrogen (secondary N) is 1. The van der Waals surface area contributed by atoms with Gasteiger partial charge in [-0.3, -0.25) is 4.79 Å². The van der Waals surface area contributed by atoms with Crippen molar-refractivity contribution in [2.45, 2.75) is 71.1 Å². The van der Waals surface area contributed by atoms with Crippen LogP contribution in [0.2, 0.25) is 0 Å². The van der Waals surface area contributed by atoms with Gasteiger partial charge in [-0.05, 0) is 52.4 Å². The van der Waals surface area contributed by atoms with Gasteiger partial charge in [-0.15, -0.1) is 0 Å². The summed E-state index contributed by atoms with van der Waals surface area (Å²) in [5.74, 6) is 0.0393. The molecule has 0 aromatic rings. The summed E-state index contributed by atoms with van der Waals surface area (Å²) in [7, 11) is -0.233. The van der Waals surface area contributed by atoms with Crippen LogP contribution in [0.3, 0.4) is 0 Å². The molecule has 1 N–H and O–H groups in total. The van der Waals surface area contributed by atoms with Crippen LogP contribution in [-0.2, 0) is 14.1 Å². The first-order valence-electron chi connectivity index (χ1n) is 7.03. The summed E-state index contributed by atoms with van der Waals surface area (Å²) in [5.41, 5.74) is 0.639. The topological polar surface area (TPSA) is 47.6 Å². The average Bonchev–Trinajstić information content (AvgIpc) is 2.48. The molecule has 19 heavy (non-hydrogen) atoms. The van der Waals surface area contributed by atoms with Crippen LogP contribution in [0.1, 0.15) is 53.9 Å². The Morgan fingerprint density at radius 2 is 1.89 bits per heavy atom. The van der Waals surface area contributed by atoms with Gasteiger partial charge < -0.3 is 14.6 Å². The van der Waals surface area contributed by atoms with E-state index in [-0.39, 0.29) is 30.3 Å². The molecule has 1 aliphatic heterocycles. The van der Waals surface area contributed by atoms with Crippen molar-refractivity contribution in [2.75, 3.05) is 0 Å². The second-order valence-corrected chi connectivity index (χ2v) is 6.54. The molecule has 2 rings (SSSR count). The predicted molar refractivity (Wildman–Crippen MR) is 75.6 cm³/mol. The zero-order valence-electron chi connectivity index (χ0n) is 12.6. The van der Waals surface area contributed by atoms with Gasteiger partial charge in [0.05, 0.1) is 11.2 Å². The molecule has 0 saturated carbocycles. The molecule has 1 heterocycles. The SMILES string of the molecule is CC(=O)NC1CC=C(B2OC(C)(C)C(C)(C)O2)CC1. The van der Waals surface area contributed by atoms with Crippen molar-refractivity contribution < 1.29 is 14.1 Å². The third-order valence-corrected chi connectivity index (χ3v) is 4.41. The minimum Gasteiger partial charge on any atom is -0.400 e. The fourth-order valence-corrected chi connectivity index (χ4v) is 2.48. The smallest absolute Gasteiger partial charge is 0.400 e. The van der Waals surface area contributed by atoms with E-state index in [0.717, 1.165) is 19.3 Å². The Bertz CT molecular complexity index is 387. The standard InChI is InChI=1S/C14H24BNO3/c1-10(17)16-12-8-6-11(7-9-12)15-18-13(2,3)14(4,5)19-15/h6,12H,7-9H2,1-5H3,(H,16,17). The van der Waals surface area contributed by atoms with Crippen LogP contribution in [0.15, 0.2) is 11.5 Å². The summed E-state index contributed by atoms with van der Waals surface area (Å²) in [6, 6.07) is 0.253. The summed E-state index contributed by atoms with van der Waals surface area (Å²) in [4.78, 5) is 11.0. The summed E-state index contributed by atoms with van der Waals surface area (Å²) in [6.45, 7) is 9.83. The van der Waals surface area contributed by atoms with Gasteiger partial charge in [0.2, 0.25) is 5.91 Å². The molecule has 5 heteroatoms. The van der Waals surface area contributed by atoms with E-state index in [2.05, 4.69) is 39.1 Å². The van der Waals surface area contributed by atoms with Gasteiger partial charge in [-0.25, -0.2) is 0 Å². The van der Waals surface area contributed by atoms with Crippen LogP contribution in [0.4, 0.5) is 0 Å². The Kier molecular flexibility index (Phi) is 3.80. The van der Waals surface area contributed by atoms with Crippen LogP contribution < -0.4 is 5.32 Å². The van der Waals surface area contributed by atoms with Gasteiger partial charge >= 0.3 is 7.12 Å². The molecule has 0 aromatic carbocycles. The highest BCUT2D eigenvalue weighted by Gasteiger charge is 2.52. The summed E-state index contributed by atoms with van der Waals surface area (Å²) in [6.07, 6.45) is 4.89. The summed E-state index contributed by atoms with van der Waals surface area (Å²) < 4.78 is 12.1. The molecule has 4 nitrogen and oxygen atoms in total.